The third kappa shape index (κ3) is 2.43. The van der Waals surface area contributed by atoms with Gasteiger partial charge in [-0.3, -0.25) is 13.9 Å². The molecule has 0 radical (unpaired) electrons. The number of Topliss-reactive ketones (excluding diaryl/α,β-unsaturated/α-hetero) is 1. The van der Waals surface area contributed by atoms with Gasteiger partial charge in [-0.1, -0.05) is 0 Å². The highest BCUT2D eigenvalue weighted by Crippen LogP contribution is 2.04. The molecule has 0 aliphatic rings. The molecule has 0 aliphatic carbocycles. The van der Waals surface area contributed by atoms with Crippen molar-refractivity contribution in [3.05, 3.63) is 27.2 Å². The van der Waals surface area contributed by atoms with E-state index in [1.54, 1.807) is 7.05 Å². The van der Waals surface area contributed by atoms with E-state index >= 15 is 0 Å². The van der Waals surface area contributed by atoms with Gasteiger partial charge in [0.2, 0.25) is 0 Å². The van der Waals surface area contributed by atoms with Crippen molar-refractivity contribution >= 4 is 16.9 Å². The summed E-state index contributed by atoms with van der Waals surface area (Å²) in [6.45, 7) is 0.0544. The molecule has 0 spiro atoms. The Kier molecular flexibility index (Phi) is 3.16. The lowest BCUT2D eigenvalue weighted by atomic mass is 10.2. The molecule has 108 valence electrons. The van der Waals surface area contributed by atoms with Crippen LogP contribution in [0.2, 0.25) is 0 Å². The molecule has 2 aromatic rings. The lowest BCUT2D eigenvalue weighted by Crippen LogP contribution is -2.39. The number of imidazole rings is 1. The quantitative estimate of drug-likeness (QED) is 0.733. The molecule has 2 heterocycles. The zero-order valence-electron chi connectivity index (χ0n) is 13.5. The Morgan fingerprint density at radius 2 is 2.15 bits per heavy atom. The molecular weight excluding hydrogens is 260 g/mol. The number of aromatic nitrogens is 4. The first-order valence-corrected chi connectivity index (χ1v) is 6.35. The number of nitrogens with zero attached hydrogens (tertiary/aromatic N) is 4. The largest absolute Gasteiger partial charge is 0.332 e. The summed E-state index contributed by atoms with van der Waals surface area (Å²) < 4.78 is 18.4. The first-order chi connectivity index (χ1) is 10.3. The summed E-state index contributed by atoms with van der Waals surface area (Å²) in [6.07, 6.45) is 2.86. The molecule has 0 saturated carbocycles. The Hall–Kier alpha value is -2.18. The molecule has 0 atom stereocenters. The maximum Gasteiger partial charge on any atom is 0.332 e. The summed E-state index contributed by atoms with van der Waals surface area (Å²) in [6, 6.07) is 0. The van der Waals surface area contributed by atoms with Crippen LogP contribution in [-0.2, 0) is 25.4 Å². The SMILES string of the molecule is [2H]C([2H])n1c(=O)n(CCCCC(C)=O)c(=O)c2c1ncn2C. The molecule has 0 aliphatic heterocycles. The number of carbonyl (C=O) groups excluding carboxylic acids is 1. The summed E-state index contributed by atoms with van der Waals surface area (Å²) in [4.78, 5) is 39.7. The van der Waals surface area contributed by atoms with E-state index in [0.29, 0.717) is 19.3 Å². The second kappa shape index (κ2) is 5.44. The summed E-state index contributed by atoms with van der Waals surface area (Å²) in [5.41, 5.74) is -0.961. The molecule has 2 rings (SSSR count). The summed E-state index contributed by atoms with van der Waals surface area (Å²) in [5, 5.41) is 0. The number of unbranched alkanes of at least 4 members (excludes halogenated alkanes) is 1. The number of fused-ring (bicyclic) bond motifs is 1. The van der Waals surface area contributed by atoms with E-state index in [1.807, 2.05) is 0 Å². The minimum atomic E-state index is -1.59. The van der Waals surface area contributed by atoms with Gasteiger partial charge in [-0.15, -0.1) is 0 Å². The molecule has 7 nitrogen and oxygen atoms in total. The van der Waals surface area contributed by atoms with E-state index < -0.39 is 18.2 Å². The van der Waals surface area contributed by atoms with E-state index in [4.69, 9.17) is 2.74 Å². The Morgan fingerprint density at radius 1 is 1.40 bits per heavy atom. The maximum atomic E-state index is 12.4. The smallest absolute Gasteiger partial charge is 0.328 e. The van der Waals surface area contributed by atoms with Crippen LogP contribution in [0.3, 0.4) is 0 Å². The minimum Gasteiger partial charge on any atom is -0.328 e. The van der Waals surface area contributed by atoms with Crippen LogP contribution in [0.1, 0.15) is 28.9 Å². The predicted molar refractivity (Wildman–Crippen MR) is 74.7 cm³/mol. The lowest BCUT2D eigenvalue weighted by Gasteiger charge is -2.08. The van der Waals surface area contributed by atoms with E-state index in [-0.39, 0.29) is 23.5 Å². The van der Waals surface area contributed by atoms with Crippen molar-refractivity contribution in [2.45, 2.75) is 32.7 Å². The van der Waals surface area contributed by atoms with E-state index in [9.17, 15) is 14.4 Å². The van der Waals surface area contributed by atoms with Crippen molar-refractivity contribution in [1.29, 1.82) is 0 Å². The number of aryl methyl sites for hydroxylation is 2. The van der Waals surface area contributed by atoms with Gasteiger partial charge in [0.15, 0.2) is 11.2 Å². The number of rotatable bonds is 5. The highest BCUT2D eigenvalue weighted by Gasteiger charge is 2.14. The average Bonchev–Trinajstić information content (AvgIpc) is 2.79. The topological polar surface area (TPSA) is 78.9 Å². The molecule has 2 aromatic heterocycles. The standard InChI is InChI=1S/C13H18N4O3/c1-9(18)6-4-5-7-17-12(19)10-11(14-8-15(10)2)16(3)13(17)20/h8H,4-7H2,1-3H3/i3D2. The monoisotopic (exact) mass is 280 g/mol. The molecule has 0 aromatic carbocycles. The number of hydrogen-bond donors (Lipinski definition) is 0. The van der Waals surface area contributed by atoms with Crippen molar-refractivity contribution < 1.29 is 7.54 Å². The van der Waals surface area contributed by atoms with Gasteiger partial charge in [0.05, 0.1) is 6.33 Å². The number of carbonyl (C=O) groups is 1. The van der Waals surface area contributed by atoms with Gasteiger partial charge in [0.25, 0.3) is 5.56 Å². The predicted octanol–water partition coefficient (Wildman–Crippen LogP) is 0.193. The lowest BCUT2D eigenvalue weighted by molar-refractivity contribution is -0.117. The van der Waals surface area contributed by atoms with Crippen LogP contribution >= 0.6 is 0 Å². The zero-order valence-corrected chi connectivity index (χ0v) is 11.5. The van der Waals surface area contributed by atoms with Crippen molar-refractivity contribution in [3.63, 3.8) is 0 Å². The van der Waals surface area contributed by atoms with Crippen LogP contribution in [0.15, 0.2) is 15.9 Å². The van der Waals surface area contributed by atoms with Crippen molar-refractivity contribution in [2.24, 2.45) is 14.0 Å². The fourth-order valence-electron chi connectivity index (χ4n) is 2.12. The molecule has 0 saturated heterocycles. The third-order valence-electron chi connectivity index (χ3n) is 3.19. The van der Waals surface area contributed by atoms with Gasteiger partial charge in [-0.2, -0.15) is 0 Å². The molecule has 0 bridgehead atoms. The normalized spacial score (nSPS) is 12.8. The molecule has 0 unspecified atom stereocenters. The Bertz CT molecular complexity index is 819. The van der Waals surface area contributed by atoms with E-state index in [2.05, 4.69) is 4.98 Å². The van der Waals surface area contributed by atoms with Crippen LogP contribution in [0.5, 0.6) is 0 Å². The summed E-state index contributed by atoms with van der Waals surface area (Å²) in [5.74, 6) is 0.0595. The van der Waals surface area contributed by atoms with Crippen LogP contribution in [0, 0.1) is 0 Å². The fourth-order valence-corrected chi connectivity index (χ4v) is 2.12. The highest BCUT2D eigenvalue weighted by atomic mass is 16.2. The maximum absolute atomic E-state index is 12.4. The van der Waals surface area contributed by atoms with Gasteiger partial charge in [0, 0.05) is 29.8 Å². The second-order valence-electron chi connectivity index (χ2n) is 4.80. The fraction of sp³-hybridized carbons (Fsp3) is 0.538. The average molecular weight is 280 g/mol. The summed E-state index contributed by atoms with van der Waals surface area (Å²) in [7, 11) is 1.62. The third-order valence-corrected chi connectivity index (χ3v) is 3.19. The molecule has 0 fully saturated rings. The van der Waals surface area contributed by atoms with Gasteiger partial charge in [-0.05, 0) is 19.8 Å². The van der Waals surface area contributed by atoms with Gasteiger partial charge < -0.3 is 9.36 Å². The van der Waals surface area contributed by atoms with Gasteiger partial charge in [0.1, 0.15) is 5.78 Å². The summed E-state index contributed by atoms with van der Waals surface area (Å²) >= 11 is 0. The second-order valence-corrected chi connectivity index (χ2v) is 4.80. The first-order valence-electron chi connectivity index (χ1n) is 7.50. The number of hydrogen-bond acceptors (Lipinski definition) is 4. The highest BCUT2D eigenvalue weighted by molar-refractivity contribution is 5.75. The molecule has 0 N–H and O–H groups in total. The van der Waals surface area contributed by atoms with Crippen molar-refractivity contribution in [3.8, 4) is 0 Å². The first kappa shape index (κ1) is 11.6. The van der Waals surface area contributed by atoms with Crippen LogP contribution in [0.25, 0.3) is 11.2 Å². The molecule has 7 heteroatoms. The Balaban J connectivity index is 2.49. The van der Waals surface area contributed by atoms with Crippen LogP contribution in [0.4, 0.5) is 0 Å². The van der Waals surface area contributed by atoms with Gasteiger partial charge in [-0.25, -0.2) is 9.78 Å². The van der Waals surface area contributed by atoms with E-state index in [0.717, 1.165) is 9.13 Å². The van der Waals surface area contributed by atoms with Crippen molar-refractivity contribution in [2.75, 3.05) is 0 Å². The number of ketones is 1. The molecule has 0 amide bonds. The molecular formula is C13H18N4O3. The Morgan fingerprint density at radius 3 is 2.80 bits per heavy atom. The van der Waals surface area contributed by atoms with Crippen molar-refractivity contribution in [1.82, 2.24) is 18.7 Å². The Labute approximate surface area is 118 Å². The molecule has 20 heavy (non-hydrogen) atoms. The zero-order chi connectivity index (χ0) is 16.4. The van der Waals surface area contributed by atoms with Crippen LogP contribution < -0.4 is 11.2 Å². The van der Waals surface area contributed by atoms with Gasteiger partial charge >= 0.3 is 5.69 Å². The minimum absolute atomic E-state index is 0.0486. The van der Waals surface area contributed by atoms with E-state index in [1.165, 1.54) is 17.8 Å². The van der Waals surface area contributed by atoms with Crippen LogP contribution in [-0.4, -0.2) is 24.5 Å².